The second-order valence-corrected chi connectivity index (χ2v) is 5.80. The van der Waals surface area contributed by atoms with Crippen LogP contribution >= 0.6 is 34.4 Å². The summed E-state index contributed by atoms with van der Waals surface area (Å²) in [5.74, 6) is 0. The molecular weight excluding hydrogens is 299 g/mol. The van der Waals surface area contributed by atoms with Crippen molar-refractivity contribution in [2.24, 2.45) is 0 Å². The van der Waals surface area contributed by atoms with Gasteiger partial charge in [-0.05, 0) is 11.1 Å². The second-order valence-electron chi connectivity index (χ2n) is 3.82. The summed E-state index contributed by atoms with van der Waals surface area (Å²) >= 11 is 14.4. The molecule has 0 saturated carbocycles. The number of hydrogen-bond acceptors (Lipinski definition) is 1. The highest BCUT2D eigenvalue weighted by molar-refractivity contribution is 7.54. The van der Waals surface area contributed by atoms with Gasteiger partial charge in [0.2, 0.25) is 0 Å². The van der Waals surface area contributed by atoms with E-state index in [0.717, 1.165) is 13.1 Å². The van der Waals surface area contributed by atoms with Crippen LogP contribution in [0, 0.1) is 0 Å². The Kier molecular flexibility index (Phi) is 8.77. The minimum atomic E-state index is -0.750. The number of benzene rings is 2. The smallest absolute Gasteiger partial charge is 0.309 e. The van der Waals surface area contributed by atoms with Crippen LogP contribution in [0.1, 0.15) is 11.1 Å². The fourth-order valence-corrected chi connectivity index (χ4v) is 1.54. The van der Waals surface area contributed by atoms with Gasteiger partial charge in [0.25, 0.3) is 0 Å². The molecule has 0 aliphatic heterocycles. The number of rotatable bonds is 4. The molecule has 0 aliphatic carbocycles. The fourth-order valence-electron chi connectivity index (χ4n) is 1.54. The molecular formula is C14H15BCl3N. The average Bonchev–Trinajstić information content (AvgIpc) is 2.41. The first-order valence-electron chi connectivity index (χ1n) is 5.89. The van der Waals surface area contributed by atoms with E-state index in [0.29, 0.717) is 0 Å². The third kappa shape index (κ3) is 8.96. The predicted molar refractivity (Wildman–Crippen MR) is 86.7 cm³/mol. The number of halogens is 3. The van der Waals surface area contributed by atoms with Gasteiger partial charge in [0.05, 0.1) is 0 Å². The number of nitrogens with one attached hydrogen (secondary N) is 1. The van der Waals surface area contributed by atoms with Gasteiger partial charge in [-0.25, -0.2) is 0 Å². The SMILES string of the molecule is ClB(Cl)Cl.c1ccc(CNCc2ccccc2)cc1. The summed E-state index contributed by atoms with van der Waals surface area (Å²) in [4.78, 5) is -0.750. The van der Waals surface area contributed by atoms with E-state index >= 15 is 0 Å². The second kappa shape index (κ2) is 10.2. The van der Waals surface area contributed by atoms with Crippen molar-refractivity contribution in [3.63, 3.8) is 0 Å². The van der Waals surface area contributed by atoms with Crippen LogP contribution in [0.3, 0.4) is 0 Å². The lowest BCUT2D eigenvalue weighted by atomic mass is 10.2. The van der Waals surface area contributed by atoms with E-state index in [-0.39, 0.29) is 0 Å². The molecule has 100 valence electrons. The third-order valence-electron chi connectivity index (χ3n) is 2.34. The van der Waals surface area contributed by atoms with E-state index < -0.39 is 4.96 Å². The predicted octanol–water partition coefficient (Wildman–Crippen LogP) is 4.66. The Labute approximate surface area is 129 Å². The lowest BCUT2D eigenvalue weighted by Gasteiger charge is -2.04. The molecule has 0 spiro atoms. The first-order valence-corrected chi connectivity index (χ1v) is 7.20. The molecule has 2 aromatic carbocycles. The van der Waals surface area contributed by atoms with Gasteiger partial charge in [-0.1, -0.05) is 60.7 Å². The minimum Gasteiger partial charge on any atom is -0.309 e. The average molecular weight is 314 g/mol. The van der Waals surface area contributed by atoms with E-state index in [2.05, 4.69) is 53.8 Å². The third-order valence-corrected chi connectivity index (χ3v) is 2.34. The van der Waals surface area contributed by atoms with Gasteiger partial charge in [0.15, 0.2) is 0 Å². The fraction of sp³-hybridized carbons (Fsp3) is 0.143. The van der Waals surface area contributed by atoms with Gasteiger partial charge < -0.3 is 5.32 Å². The van der Waals surface area contributed by atoms with Gasteiger partial charge in [0.1, 0.15) is 0 Å². The molecule has 19 heavy (non-hydrogen) atoms. The summed E-state index contributed by atoms with van der Waals surface area (Å²) in [7, 11) is 0. The van der Waals surface area contributed by atoms with Crippen molar-refractivity contribution in [2.75, 3.05) is 0 Å². The van der Waals surface area contributed by atoms with Gasteiger partial charge >= 0.3 is 4.96 Å². The molecule has 0 aromatic heterocycles. The van der Waals surface area contributed by atoms with E-state index in [1.165, 1.54) is 11.1 Å². The first-order chi connectivity index (χ1) is 9.18. The maximum absolute atomic E-state index is 4.81. The largest absolute Gasteiger partial charge is 0.450 e. The lowest BCUT2D eigenvalue weighted by Crippen LogP contribution is -2.12. The topological polar surface area (TPSA) is 12.0 Å². The molecule has 0 bridgehead atoms. The van der Waals surface area contributed by atoms with Crippen molar-refractivity contribution >= 4 is 39.3 Å². The van der Waals surface area contributed by atoms with E-state index in [9.17, 15) is 0 Å². The van der Waals surface area contributed by atoms with Gasteiger partial charge in [-0.3, -0.25) is 0 Å². The van der Waals surface area contributed by atoms with E-state index in [1.54, 1.807) is 0 Å². The van der Waals surface area contributed by atoms with Crippen LogP contribution in [0.25, 0.3) is 0 Å². The molecule has 0 heterocycles. The van der Waals surface area contributed by atoms with Crippen LogP contribution in [0.4, 0.5) is 0 Å². The van der Waals surface area contributed by atoms with Gasteiger partial charge in [-0.15, -0.1) is 0 Å². The molecule has 5 heteroatoms. The van der Waals surface area contributed by atoms with Crippen molar-refractivity contribution in [3.8, 4) is 0 Å². The highest BCUT2D eigenvalue weighted by Crippen LogP contribution is 2.00. The molecule has 1 N–H and O–H groups in total. The van der Waals surface area contributed by atoms with Crippen molar-refractivity contribution in [1.29, 1.82) is 0 Å². The zero-order valence-corrected chi connectivity index (χ0v) is 12.7. The zero-order valence-electron chi connectivity index (χ0n) is 10.4. The van der Waals surface area contributed by atoms with Crippen LogP contribution in [-0.4, -0.2) is 4.96 Å². The van der Waals surface area contributed by atoms with Crippen LogP contribution in [0.15, 0.2) is 60.7 Å². The summed E-state index contributed by atoms with van der Waals surface area (Å²) in [6.07, 6.45) is 0. The van der Waals surface area contributed by atoms with Crippen LogP contribution in [-0.2, 0) is 13.1 Å². The Morgan fingerprint density at radius 1 is 0.684 bits per heavy atom. The van der Waals surface area contributed by atoms with Crippen LogP contribution in [0.2, 0.25) is 0 Å². The molecule has 0 unspecified atom stereocenters. The molecule has 0 fully saturated rings. The molecule has 0 saturated heterocycles. The Morgan fingerprint density at radius 3 is 1.32 bits per heavy atom. The molecule has 2 rings (SSSR count). The lowest BCUT2D eigenvalue weighted by molar-refractivity contribution is 0.693. The van der Waals surface area contributed by atoms with E-state index in [1.807, 2.05) is 12.1 Å². The zero-order chi connectivity index (χ0) is 13.9. The van der Waals surface area contributed by atoms with Crippen molar-refractivity contribution in [1.82, 2.24) is 5.32 Å². The summed E-state index contributed by atoms with van der Waals surface area (Å²) < 4.78 is 0. The maximum atomic E-state index is 4.81. The van der Waals surface area contributed by atoms with E-state index in [4.69, 9.17) is 34.4 Å². The Balaban J connectivity index is 0.000000399. The Hall–Kier alpha value is -0.665. The summed E-state index contributed by atoms with van der Waals surface area (Å²) in [5, 5.41) is 3.42. The van der Waals surface area contributed by atoms with Crippen molar-refractivity contribution < 1.29 is 0 Å². The van der Waals surface area contributed by atoms with Gasteiger partial charge in [-0.2, -0.15) is 34.4 Å². The normalized spacial score (nSPS) is 9.42. The van der Waals surface area contributed by atoms with Crippen LogP contribution in [0.5, 0.6) is 0 Å². The molecule has 2 aromatic rings. The highest BCUT2D eigenvalue weighted by atomic mass is 35.6. The number of hydrogen-bond donors (Lipinski definition) is 1. The van der Waals surface area contributed by atoms with Crippen molar-refractivity contribution in [3.05, 3.63) is 71.8 Å². The first kappa shape index (κ1) is 16.4. The maximum Gasteiger partial charge on any atom is 0.450 e. The summed E-state index contributed by atoms with van der Waals surface area (Å²) in [6, 6.07) is 20.9. The quantitative estimate of drug-likeness (QED) is 0.809. The monoisotopic (exact) mass is 313 g/mol. The Bertz CT molecular complexity index is 395. The molecule has 0 aliphatic rings. The molecule has 1 nitrogen and oxygen atoms in total. The van der Waals surface area contributed by atoms with Crippen molar-refractivity contribution in [2.45, 2.75) is 13.1 Å². The molecule has 0 radical (unpaired) electrons. The highest BCUT2D eigenvalue weighted by Gasteiger charge is 1.92. The molecule has 0 atom stereocenters. The van der Waals surface area contributed by atoms with Crippen LogP contribution < -0.4 is 5.32 Å². The Morgan fingerprint density at radius 2 is 1.00 bits per heavy atom. The molecule has 0 amide bonds. The summed E-state index contributed by atoms with van der Waals surface area (Å²) in [6.45, 7) is 1.85. The standard InChI is InChI=1S/C14H15N.BCl3/c1-3-7-13(8-4-1)11-15-12-14-9-5-2-6-10-14;2-1(3)4/h1-10,15H,11-12H2;. The minimum absolute atomic E-state index is 0.750. The van der Waals surface area contributed by atoms with Gasteiger partial charge in [0, 0.05) is 13.1 Å². The summed E-state index contributed by atoms with van der Waals surface area (Å²) in [5.41, 5.74) is 2.65.